The van der Waals surface area contributed by atoms with E-state index in [4.69, 9.17) is 4.74 Å². The Morgan fingerprint density at radius 2 is 1.86 bits per heavy atom. The maximum Gasteiger partial charge on any atom is 0.240 e. The van der Waals surface area contributed by atoms with Crippen LogP contribution in [0.5, 0.6) is 5.75 Å². The zero-order valence-electron chi connectivity index (χ0n) is 16.5. The second-order valence-electron chi connectivity index (χ2n) is 6.77. The summed E-state index contributed by atoms with van der Waals surface area (Å²) in [7, 11) is -3.71. The van der Waals surface area contributed by atoms with E-state index in [1.165, 1.54) is 12.1 Å². The highest BCUT2D eigenvalue weighted by molar-refractivity contribution is 7.89. The molecule has 158 valence electrons. The number of sulfonamides is 1. The average Bonchev–Trinajstić information content (AvgIpc) is 2.60. The summed E-state index contributed by atoms with van der Waals surface area (Å²) >= 11 is 0. The van der Waals surface area contributed by atoms with E-state index >= 15 is 0 Å². The maximum atomic E-state index is 13.5. The molecule has 0 saturated heterocycles. The van der Waals surface area contributed by atoms with Crippen LogP contribution in [0.2, 0.25) is 0 Å². The van der Waals surface area contributed by atoms with Crippen molar-refractivity contribution in [3.63, 3.8) is 0 Å². The average molecular weight is 426 g/mol. The van der Waals surface area contributed by atoms with Crippen molar-refractivity contribution in [2.75, 3.05) is 13.2 Å². The summed E-state index contributed by atoms with van der Waals surface area (Å²) in [4.78, 5) is 12.2. The van der Waals surface area contributed by atoms with Crippen molar-refractivity contribution in [1.82, 2.24) is 10.0 Å². The van der Waals surface area contributed by atoms with E-state index in [0.29, 0.717) is 11.6 Å². The fraction of sp³-hybridized carbons (Fsp3) is 0.350. The van der Waals surface area contributed by atoms with Crippen molar-refractivity contribution >= 4 is 15.9 Å². The Hall–Kier alpha value is -2.52. The quantitative estimate of drug-likeness (QED) is 0.646. The van der Waals surface area contributed by atoms with Crippen LogP contribution in [-0.4, -0.2) is 33.5 Å². The molecule has 0 aliphatic rings. The lowest BCUT2D eigenvalue weighted by molar-refractivity contribution is -0.121. The highest BCUT2D eigenvalue weighted by Gasteiger charge is 2.17. The molecule has 2 aromatic carbocycles. The Balaban J connectivity index is 1.78. The Bertz CT molecular complexity index is 980. The van der Waals surface area contributed by atoms with E-state index in [9.17, 15) is 22.0 Å². The first kappa shape index (κ1) is 22.8. The zero-order chi connectivity index (χ0) is 21.6. The van der Waals surface area contributed by atoms with Gasteiger partial charge in [-0.05, 0) is 44.5 Å². The largest absolute Gasteiger partial charge is 0.488 e. The first-order chi connectivity index (χ1) is 13.6. The van der Waals surface area contributed by atoms with Crippen LogP contribution in [0, 0.1) is 25.5 Å². The number of nitrogens with one attached hydrogen (secondary N) is 2. The Kier molecular flexibility index (Phi) is 7.69. The van der Waals surface area contributed by atoms with Gasteiger partial charge in [-0.25, -0.2) is 21.9 Å². The van der Waals surface area contributed by atoms with E-state index in [1.807, 2.05) is 6.92 Å². The van der Waals surface area contributed by atoms with Gasteiger partial charge in [0.2, 0.25) is 15.9 Å². The molecule has 2 rings (SSSR count). The highest BCUT2D eigenvalue weighted by Crippen LogP contribution is 2.18. The van der Waals surface area contributed by atoms with Gasteiger partial charge in [-0.15, -0.1) is 0 Å². The Labute approximate surface area is 169 Å². The van der Waals surface area contributed by atoms with Gasteiger partial charge in [0.15, 0.2) is 11.6 Å². The number of carbonyl (C=O) groups excluding carboxylic acids is 1. The predicted molar refractivity (Wildman–Crippen MR) is 105 cm³/mol. The van der Waals surface area contributed by atoms with Crippen molar-refractivity contribution in [1.29, 1.82) is 0 Å². The van der Waals surface area contributed by atoms with Crippen molar-refractivity contribution in [2.45, 2.75) is 38.1 Å². The molecule has 0 saturated carbocycles. The molecule has 1 amide bonds. The van der Waals surface area contributed by atoms with Crippen molar-refractivity contribution in [3.8, 4) is 5.75 Å². The molecule has 0 bridgehead atoms. The minimum absolute atomic E-state index is 0.0252. The molecule has 2 aromatic rings. The van der Waals surface area contributed by atoms with Crippen LogP contribution >= 0.6 is 0 Å². The number of halogens is 2. The van der Waals surface area contributed by atoms with Crippen molar-refractivity contribution in [3.05, 3.63) is 59.2 Å². The van der Waals surface area contributed by atoms with Gasteiger partial charge in [0.05, 0.1) is 10.9 Å². The SMILES string of the molecule is Cc1ccc(S(=O)(=O)NCCC(=O)NC(C)COc2ccc(F)cc2F)c(C)c1. The summed E-state index contributed by atoms with van der Waals surface area (Å²) in [6, 6.07) is 7.50. The van der Waals surface area contributed by atoms with Gasteiger partial charge in [0.25, 0.3) is 0 Å². The van der Waals surface area contributed by atoms with Crippen LogP contribution < -0.4 is 14.8 Å². The minimum Gasteiger partial charge on any atom is -0.488 e. The Morgan fingerprint density at radius 1 is 1.14 bits per heavy atom. The molecular weight excluding hydrogens is 402 g/mol. The van der Waals surface area contributed by atoms with Crippen LogP contribution in [0.1, 0.15) is 24.5 Å². The fourth-order valence-electron chi connectivity index (χ4n) is 2.67. The molecule has 6 nitrogen and oxygen atoms in total. The molecule has 29 heavy (non-hydrogen) atoms. The second kappa shape index (κ2) is 9.80. The van der Waals surface area contributed by atoms with E-state index < -0.39 is 27.7 Å². The van der Waals surface area contributed by atoms with Crippen LogP contribution in [0.25, 0.3) is 0 Å². The zero-order valence-corrected chi connectivity index (χ0v) is 17.3. The molecule has 0 radical (unpaired) electrons. The molecule has 0 fully saturated rings. The number of hydrogen-bond acceptors (Lipinski definition) is 4. The minimum atomic E-state index is -3.71. The van der Waals surface area contributed by atoms with Gasteiger partial charge in [-0.3, -0.25) is 4.79 Å². The lowest BCUT2D eigenvalue weighted by Crippen LogP contribution is -2.38. The fourth-order valence-corrected chi connectivity index (χ4v) is 3.93. The van der Waals surface area contributed by atoms with Crippen LogP contribution in [0.15, 0.2) is 41.3 Å². The summed E-state index contributed by atoms with van der Waals surface area (Å²) in [5, 5.41) is 2.63. The molecule has 1 unspecified atom stereocenters. The third-order valence-electron chi connectivity index (χ3n) is 4.05. The molecule has 0 aromatic heterocycles. The molecule has 0 heterocycles. The van der Waals surface area contributed by atoms with Crippen LogP contribution in [0.4, 0.5) is 8.78 Å². The number of amides is 1. The molecule has 0 aliphatic heterocycles. The lowest BCUT2D eigenvalue weighted by Gasteiger charge is -2.16. The Morgan fingerprint density at radius 3 is 2.52 bits per heavy atom. The van der Waals surface area contributed by atoms with Gasteiger partial charge < -0.3 is 10.1 Å². The normalized spacial score (nSPS) is 12.4. The van der Waals surface area contributed by atoms with Crippen molar-refractivity contribution in [2.24, 2.45) is 0 Å². The van der Waals surface area contributed by atoms with Crippen LogP contribution in [0.3, 0.4) is 0 Å². The van der Waals surface area contributed by atoms with Crippen LogP contribution in [-0.2, 0) is 14.8 Å². The summed E-state index contributed by atoms with van der Waals surface area (Å²) in [5.41, 5.74) is 1.58. The standard InChI is InChI=1S/C20H24F2N2O4S/c1-13-4-7-19(14(2)10-13)29(26,27)23-9-8-20(25)24-15(3)12-28-18-6-5-16(21)11-17(18)22/h4-7,10-11,15,23H,8-9,12H2,1-3H3,(H,24,25). The van der Waals surface area contributed by atoms with Gasteiger partial charge in [0.1, 0.15) is 12.4 Å². The highest BCUT2D eigenvalue weighted by atomic mass is 32.2. The number of aryl methyl sites for hydroxylation is 2. The number of hydrogen-bond donors (Lipinski definition) is 2. The summed E-state index contributed by atoms with van der Waals surface area (Å²) in [6.45, 7) is 5.14. The van der Waals surface area contributed by atoms with Gasteiger partial charge in [0, 0.05) is 19.0 Å². The monoisotopic (exact) mass is 426 g/mol. The molecule has 0 spiro atoms. The van der Waals surface area contributed by atoms with Gasteiger partial charge in [-0.2, -0.15) is 0 Å². The predicted octanol–water partition coefficient (Wildman–Crippen LogP) is 2.83. The third kappa shape index (κ3) is 6.79. The number of rotatable bonds is 9. The molecule has 2 N–H and O–H groups in total. The van der Waals surface area contributed by atoms with E-state index in [0.717, 1.165) is 11.6 Å². The second-order valence-corrected chi connectivity index (χ2v) is 8.51. The molecule has 1 atom stereocenters. The topological polar surface area (TPSA) is 84.5 Å². The lowest BCUT2D eigenvalue weighted by atomic mass is 10.2. The number of benzene rings is 2. The number of ether oxygens (including phenoxy) is 1. The molecular formula is C20H24F2N2O4S. The smallest absolute Gasteiger partial charge is 0.240 e. The maximum absolute atomic E-state index is 13.5. The van der Waals surface area contributed by atoms with E-state index in [-0.39, 0.29) is 36.1 Å². The number of carbonyl (C=O) groups is 1. The summed E-state index contributed by atoms with van der Waals surface area (Å²) < 4.78 is 58.7. The van der Waals surface area contributed by atoms with Crippen molar-refractivity contribution < 1.29 is 26.7 Å². The third-order valence-corrected chi connectivity index (χ3v) is 5.68. The molecule has 0 aliphatic carbocycles. The van der Waals surface area contributed by atoms with Gasteiger partial charge >= 0.3 is 0 Å². The summed E-state index contributed by atoms with van der Waals surface area (Å²) in [5.74, 6) is -2.04. The summed E-state index contributed by atoms with van der Waals surface area (Å²) in [6.07, 6.45) is -0.0701. The first-order valence-electron chi connectivity index (χ1n) is 9.02. The first-order valence-corrected chi connectivity index (χ1v) is 10.5. The van der Waals surface area contributed by atoms with E-state index in [2.05, 4.69) is 10.0 Å². The van der Waals surface area contributed by atoms with Gasteiger partial charge in [-0.1, -0.05) is 17.7 Å². The molecule has 9 heteroatoms. The van der Waals surface area contributed by atoms with E-state index in [1.54, 1.807) is 26.0 Å².